The SMILES string of the molecule is CNC(Cc1cc(C)ccc1C)c1csc(C)n1. The minimum atomic E-state index is 0.301. The lowest BCUT2D eigenvalue weighted by atomic mass is 9.98. The molecule has 1 aromatic heterocycles. The zero-order valence-electron chi connectivity index (χ0n) is 11.4. The summed E-state index contributed by atoms with van der Waals surface area (Å²) >= 11 is 1.71. The Morgan fingerprint density at radius 3 is 2.67 bits per heavy atom. The van der Waals surface area contributed by atoms with E-state index < -0.39 is 0 Å². The molecule has 0 amide bonds. The lowest BCUT2D eigenvalue weighted by molar-refractivity contribution is 0.577. The Hall–Kier alpha value is -1.19. The monoisotopic (exact) mass is 260 g/mol. The molecule has 2 aromatic rings. The van der Waals surface area contributed by atoms with E-state index >= 15 is 0 Å². The van der Waals surface area contributed by atoms with Crippen molar-refractivity contribution < 1.29 is 0 Å². The number of nitrogens with one attached hydrogen (secondary N) is 1. The van der Waals surface area contributed by atoms with Crippen LogP contribution in [0, 0.1) is 20.8 Å². The highest BCUT2D eigenvalue weighted by Gasteiger charge is 2.14. The van der Waals surface area contributed by atoms with Gasteiger partial charge in [0.25, 0.3) is 0 Å². The van der Waals surface area contributed by atoms with Crippen LogP contribution in [0.25, 0.3) is 0 Å². The van der Waals surface area contributed by atoms with Gasteiger partial charge in [0.1, 0.15) is 0 Å². The quantitative estimate of drug-likeness (QED) is 0.909. The van der Waals surface area contributed by atoms with Gasteiger partial charge in [0, 0.05) is 5.38 Å². The summed E-state index contributed by atoms with van der Waals surface area (Å²) in [4.78, 5) is 4.59. The van der Waals surface area contributed by atoms with E-state index in [1.54, 1.807) is 11.3 Å². The van der Waals surface area contributed by atoms with Crippen LogP contribution in [-0.4, -0.2) is 12.0 Å². The first-order chi connectivity index (χ1) is 8.60. The zero-order valence-corrected chi connectivity index (χ0v) is 12.3. The van der Waals surface area contributed by atoms with Gasteiger partial charge in [0.2, 0.25) is 0 Å². The lowest BCUT2D eigenvalue weighted by Gasteiger charge is -2.16. The summed E-state index contributed by atoms with van der Waals surface area (Å²) in [6, 6.07) is 6.94. The van der Waals surface area contributed by atoms with Crippen molar-refractivity contribution in [2.75, 3.05) is 7.05 Å². The maximum absolute atomic E-state index is 4.59. The fourth-order valence-electron chi connectivity index (χ4n) is 2.13. The molecule has 0 radical (unpaired) electrons. The molecule has 2 rings (SSSR count). The Balaban J connectivity index is 2.22. The van der Waals surface area contributed by atoms with Crippen LogP contribution in [0.1, 0.15) is 33.4 Å². The van der Waals surface area contributed by atoms with Crippen molar-refractivity contribution in [2.45, 2.75) is 33.2 Å². The molecule has 96 valence electrons. The van der Waals surface area contributed by atoms with Gasteiger partial charge >= 0.3 is 0 Å². The van der Waals surface area contributed by atoms with Gasteiger partial charge in [0.15, 0.2) is 0 Å². The van der Waals surface area contributed by atoms with E-state index in [0.717, 1.165) is 17.1 Å². The minimum absolute atomic E-state index is 0.301. The highest BCUT2D eigenvalue weighted by molar-refractivity contribution is 7.09. The molecule has 1 N–H and O–H groups in total. The van der Waals surface area contributed by atoms with Gasteiger partial charge < -0.3 is 5.32 Å². The molecule has 1 atom stereocenters. The van der Waals surface area contributed by atoms with E-state index in [2.05, 4.69) is 54.7 Å². The fourth-order valence-corrected chi connectivity index (χ4v) is 2.80. The number of aryl methyl sites for hydroxylation is 3. The van der Waals surface area contributed by atoms with Crippen LogP contribution >= 0.6 is 11.3 Å². The van der Waals surface area contributed by atoms with E-state index in [9.17, 15) is 0 Å². The zero-order chi connectivity index (χ0) is 13.1. The summed E-state index contributed by atoms with van der Waals surface area (Å²) in [6.45, 7) is 6.37. The third-order valence-electron chi connectivity index (χ3n) is 3.27. The van der Waals surface area contributed by atoms with Gasteiger partial charge in [0.05, 0.1) is 16.7 Å². The molecule has 0 saturated heterocycles. The third kappa shape index (κ3) is 2.98. The summed E-state index contributed by atoms with van der Waals surface area (Å²) in [7, 11) is 2.00. The van der Waals surface area contributed by atoms with Gasteiger partial charge in [-0.1, -0.05) is 23.8 Å². The second kappa shape index (κ2) is 5.63. The number of aromatic nitrogens is 1. The molecule has 2 nitrogen and oxygen atoms in total. The number of likely N-dealkylation sites (N-methyl/N-ethyl adjacent to an activating group) is 1. The van der Waals surface area contributed by atoms with Gasteiger partial charge in [-0.3, -0.25) is 0 Å². The van der Waals surface area contributed by atoms with Gasteiger partial charge in [-0.2, -0.15) is 0 Å². The maximum atomic E-state index is 4.59. The predicted octanol–water partition coefficient (Wildman–Crippen LogP) is 3.57. The van der Waals surface area contributed by atoms with Gasteiger partial charge in [-0.15, -0.1) is 11.3 Å². The van der Waals surface area contributed by atoms with Crippen LogP contribution in [0.3, 0.4) is 0 Å². The second-order valence-corrected chi connectivity index (χ2v) is 5.83. The van der Waals surface area contributed by atoms with E-state index in [1.807, 2.05) is 7.05 Å². The van der Waals surface area contributed by atoms with Crippen LogP contribution < -0.4 is 5.32 Å². The first-order valence-corrected chi connectivity index (χ1v) is 7.13. The van der Waals surface area contributed by atoms with Crippen LogP contribution in [-0.2, 0) is 6.42 Å². The number of hydrogen-bond donors (Lipinski definition) is 1. The van der Waals surface area contributed by atoms with Gasteiger partial charge in [-0.05, 0) is 45.4 Å². The van der Waals surface area contributed by atoms with Crippen LogP contribution in [0.4, 0.5) is 0 Å². The van der Waals surface area contributed by atoms with Crippen LogP contribution in [0.2, 0.25) is 0 Å². The summed E-state index contributed by atoms with van der Waals surface area (Å²) in [5, 5.41) is 6.66. The Morgan fingerprint density at radius 2 is 2.06 bits per heavy atom. The van der Waals surface area contributed by atoms with Gasteiger partial charge in [-0.25, -0.2) is 4.98 Å². The predicted molar refractivity (Wildman–Crippen MR) is 78.3 cm³/mol. The molecule has 0 aliphatic rings. The van der Waals surface area contributed by atoms with Crippen molar-refractivity contribution in [3.63, 3.8) is 0 Å². The van der Waals surface area contributed by atoms with E-state index in [4.69, 9.17) is 0 Å². The molecule has 0 aliphatic carbocycles. The average molecular weight is 260 g/mol. The molecule has 0 bridgehead atoms. The van der Waals surface area contributed by atoms with E-state index in [-0.39, 0.29) is 0 Å². The number of benzene rings is 1. The molecular formula is C15H20N2S. The Morgan fingerprint density at radius 1 is 1.28 bits per heavy atom. The molecule has 0 saturated carbocycles. The molecule has 0 fully saturated rings. The Bertz CT molecular complexity index is 531. The van der Waals surface area contributed by atoms with Crippen molar-refractivity contribution in [3.8, 4) is 0 Å². The number of rotatable bonds is 4. The topological polar surface area (TPSA) is 24.9 Å². The van der Waals surface area contributed by atoms with Crippen molar-refractivity contribution in [2.24, 2.45) is 0 Å². The van der Waals surface area contributed by atoms with E-state index in [1.165, 1.54) is 16.7 Å². The minimum Gasteiger partial charge on any atom is -0.311 e. The molecular weight excluding hydrogens is 240 g/mol. The molecule has 1 unspecified atom stereocenters. The van der Waals surface area contributed by atoms with Crippen molar-refractivity contribution >= 4 is 11.3 Å². The highest BCUT2D eigenvalue weighted by atomic mass is 32.1. The number of hydrogen-bond acceptors (Lipinski definition) is 3. The van der Waals surface area contributed by atoms with Crippen LogP contribution in [0.15, 0.2) is 23.6 Å². The summed E-state index contributed by atoms with van der Waals surface area (Å²) in [6.07, 6.45) is 0.993. The average Bonchev–Trinajstić information content (AvgIpc) is 2.77. The Kier molecular flexibility index (Phi) is 4.15. The smallest absolute Gasteiger partial charge is 0.0898 e. The molecule has 1 aromatic carbocycles. The van der Waals surface area contributed by atoms with Crippen molar-refractivity contribution in [3.05, 3.63) is 51.0 Å². The van der Waals surface area contributed by atoms with E-state index in [0.29, 0.717) is 6.04 Å². The summed E-state index contributed by atoms with van der Waals surface area (Å²) in [5.41, 5.74) is 5.23. The molecule has 1 heterocycles. The third-order valence-corrected chi connectivity index (χ3v) is 4.06. The second-order valence-electron chi connectivity index (χ2n) is 4.77. The molecule has 3 heteroatoms. The Labute approximate surface area is 113 Å². The summed E-state index contributed by atoms with van der Waals surface area (Å²) < 4.78 is 0. The lowest BCUT2D eigenvalue weighted by Crippen LogP contribution is -2.19. The largest absolute Gasteiger partial charge is 0.311 e. The maximum Gasteiger partial charge on any atom is 0.0898 e. The summed E-state index contributed by atoms with van der Waals surface area (Å²) in [5.74, 6) is 0. The number of nitrogens with zero attached hydrogens (tertiary/aromatic N) is 1. The standard InChI is InChI=1S/C15H20N2S/c1-10-5-6-11(2)13(7-10)8-14(16-4)15-9-18-12(3)17-15/h5-7,9,14,16H,8H2,1-4H3. The fraction of sp³-hybridized carbons (Fsp3) is 0.400. The molecule has 0 spiro atoms. The first-order valence-electron chi connectivity index (χ1n) is 6.25. The molecule has 18 heavy (non-hydrogen) atoms. The van der Waals surface area contributed by atoms with Crippen molar-refractivity contribution in [1.82, 2.24) is 10.3 Å². The number of thiazole rings is 1. The first kappa shape index (κ1) is 13.2. The van der Waals surface area contributed by atoms with Crippen molar-refractivity contribution in [1.29, 1.82) is 0 Å². The van der Waals surface area contributed by atoms with Crippen LogP contribution in [0.5, 0.6) is 0 Å². The normalized spacial score (nSPS) is 12.7. The highest BCUT2D eigenvalue weighted by Crippen LogP contribution is 2.22. The molecule has 0 aliphatic heterocycles.